The Hall–Kier alpha value is -0.670. The van der Waals surface area contributed by atoms with E-state index in [0.717, 1.165) is 11.5 Å². The lowest BCUT2D eigenvalue weighted by Gasteiger charge is -2.08. The smallest absolute Gasteiger partial charge is 0.119 e. The normalized spacial score (nSPS) is 20.0. The maximum absolute atomic E-state index is 5.17. The fourth-order valence-corrected chi connectivity index (χ4v) is 2.83. The molecule has 0 amide bonds. The van der Waals surface area contributed by atoms with Gasteiger partial charge in [0.1, 0.15) is 5.75 Å². The van der Waals surface area contributed by atoms with Crippen LogP contribution >= 0.6 is 11.8 Å². The van der Waals surface area contributed by atoms with Gasteiger partial charge in [0.15, 0.2) is 0 Å². The van der Waals surface area contributed by atoms with E-state index < -0.39 is 0 Å². The summed E-state index contributed by atoms with van der Waals surface area (Å²) in [5.74, 6) is 2.07. The summed E-state index contributed by atoms with van der Waals surface area (Å²) in [7, 11) is 3.71. The molecule has 0 spiro atoms. The molecule has 1 heterocycles. The van der Waals surface area contributed by atoms with Gasteiger partial charge in [0.2, 0.25) is 0 Å². The monoisotopic (exact) mass is 195 g/mol. The molecule has 1 atom stereocenters. The molecule has 0 radical (unpaired) electrons. The van der Waals surface area contributed by atoms with Gasteiger partial charge in [-0.3, -0.25) is 0 Å². The van der Waals surface area contributed by atoms with Crippen LogP contribution in [-0.2, 0) is 0 Å². The highest BCUT2D eigenvalue weighted by atomic mass is 32.2. The number of rotatable bonds is 2. The van der Waals surface area contributed by atoms with Crippen LogP contribution in [-0.4, -0.2) is 19.9 Å². The van der Waals surface area contributed by atoms with Gasteiger partial charge in [-0.15, -0.1) is 11.8 Å². The third-order valence-corrected chi connectivity index (χ3v) is 3.51. The molecule has 0 bridgehead atoms. The minimum atomic E-state index is 0.505. The molecule has 1 aliphatic rings. The van der Waals surface area contributed by atoms with Crippen LogP contribution in [0.4, 0.5) is 0 Å². The Kier molecular flexibility index (Phi) is 2.47. The number of methoxy groups -OCH3 is 1. The van der Waals surface area contributed by atoms with Crippen LogP contribution in [0.15, 0.2) is 23.1 Å². The first-order chi connectivity index (χ1) is 6.35. The topological polar surface area (TPSA) is 21.3 Å². The molecule has 1 aromatic rings. The molecule has 1 N–H and O–H groups in total. The van der Waals surface area contributed by atoms with E-state index in [0.29, 0.717) is 6.04 Å². The SMILES string of the molecule is CNC1CSc2cc(OC)ccc21. The van der Waals surface area contributed by atoms with Gasteiger partial charge in [0.25, 0.3) is 0 Å². The Bertz CT molecular complexity index is 314. The van der Waals surface area contributed by atoms with Crippen LogP contribution < -0.4 is 10.1 Å². The summed E-state index contributed by atoms with van der Waals surface area (Å²) in [5, 5.41) is 3.30. The fraction of sp³-hybridized carbons (Fsp3) is 0.400. The van der Waals surface area contributed by atoms with Crippen LogP contribution in [0.5, 0.6) is 5.75 Å². The maximum Gasteiger partial charge on any atom is 0.119 e. The minimum absolute atomic E-state index is 0.505. The van der Waals surface area contributed by atoms with E-state index in [1.165, 1.54) is 10.5 Å². The van der Waals surface area contributed by atoms with Gasteiger partial charge in [0, 0.05) is 16.7 Å². The standard InChI is InChI=1S/C10H13NOS/c1-11-9-6-13-10-5-7(12-2)3-4-8(9)10/h3-5,9,11H,6H2,1-2H3. The summed E-state index contributed by atoms with van der Waals surface area (Å²) in [5.41, 5.74) is 1.40. The van der Waals surface area contributed by atoms with E-state index in [1.807, 2.05) is 24.9 Å². The summed E-state index contributed by atoms with van der Waals surface area (Å²) in [6.45, 7) is 0. The average molecular weight is 195 g/mol. The molecule has 0 saturated carbocycles. The number of nitrogens with one attached hydrogen (secondary N) is 1. The first kappa shape index (κ1) is 8.91. The van der Waals surface area contributed by atoms with Crippen LogP contribution in [0, 0.1) is 0 Å². The van der Waals surface area contributed by atoms with Crippen molar-refractivity contribution < 1.29 is 4.74 Å². The first-order valence-electron chi connectivity index (χ1n) is 4.33. The van der Waals surface area contributed by atoms with E-state index >= 15 is 0 Å². The summed E-state index contributed by atoms with van der Waals surface area (Å²) in [4.78, 5) is 1.35. The highest BCUT2D eigenvalue weighted by molar-refractivity contribution is 7.99. The predicted octanol–water partition coefficient (Wildman–Crippen LogP) is 2.06. The summed E-state index contributed by atoms with van der Waals surface area (Å²) in [6.07, 6.45) is 0. The zero-order valence-corrected chi connectivity index (χ0v) is 8.65. The largest absolute Gasteiger partial charge is 0.497 e. The number of ether oxygens (including phenoxy) is 1. The van der Waals surface area contributed by atoms with Crippen LogP contribution in [0.2, 0.25) is 0 Å². The van der Waals surface area contributed by atoms with Crippen molar-refractivity contribution in [3.8, 4) is 5.75 Å². The number of thioether (sulfide) groups is 1. The lowest BCUT2D eigenvalue weighted by molar-refractivity contribution is 0.413. The lowest BCUT2D eigenvalue weighted by Crippen LogP contribution is -2.15. The van der Waals surface area contributed by atoms with E-state index in [9.17, 15) is 0 Å². The number of hydrogen-bond acceptors (Lipinski definition) is 3. The van der Waals surface area contributed by atoms with Crippen molar-refractivity contribution >= 4 is 11.8 Å². The average Bonchev–Trinajstić information content (AvgIpc) is 2.59. The molecule has 0 aliphatic carbocycles. The lowest BCUT2D eigenvalue weighted by atomic mass is 10.1. The zero-order chi connectivity index (χ0) is 9.26. The molecular formula is C10H13NOS. The van der Waals surface area contributed by atoms with Gasteiger partial charge >= 0.3 is 0 Å². The van der Waals surface area contributed by atoms with Crippen LogP contribution in [0.3, 0.4) is 0 Å². The van der Waals surface area contributed by atoms with Gasteiger partial charge in [-0.2, -0.15) is 0 Å². The van der Waals surface area contributed by atoms with Crippen molar-refractivity contribution in [2.45, 2.75) is 10.9 Å². The molecule has 0 saturated heterocycles. The Balaban J connectivity index is 2.34. The molecule has 70 valence electrons. The fourth-order valence-electron chi connectivity index (χ4n) is 1.56. The number of benzene rings is 1. The van der Waals surface area contributed by atoms with Gasteiger partial charge in [0.05, 0.1) is 7.11 Å². The van der Waals surface area contributed by atoms with Crippen molar-refractivity contribution in [2.24, 2.45) is 0 Å². The number of hydrogen-bond donors (Lipinski definition) is 1. The third kappa shape index (κ3) is 1.54. The van der Waals surface area contributed by atoms with E-state index in [-0.39, 0.29) is 0 Å². The molecule has 0 aromatic heterocycles. The third-order valence-electron chi connectivity index (χ3n) is 2.35. The summed E-state index contributed by atoms with van der Waals surface area (Å²) < 4.78 is 5.17. The zero-order valence-electron chi connectivity index (χ0n) is 7.83. The summed E-state index contributed by atoms with van der Waals surface area (Å²) in [6, 6.07) is 6.78. The van der Waals surface area contributed by atoms with Gasteiger partial charge in [-0.05, 0) is 24.7 Å². The molecule has 3 heteroatoms. The molecule has 1 aromatic carbocycles. The highest BCUT2D eigenvalue weighted by Crippen LogP contribution is 2.39. The quantitative estimate of drug-likeness (QED) is 0.780. The number of fused-ring (bicyclic) bond motifs is 1. The minimum Gasteiger partial charge on any atom is -0.497 e. The maximum atomic E-state index is 5.17. The molecule has 2 rings (SSSR count). The van der Waals surface area contributed by atoms with Crippen molar-refractivity contribution in [3.63, 3.8) is 0 Å². The van der Waals surface area contributed by atoms with E-state index in [4.69, 9.17) is 4.74 Å². The molecule has 2 nitrogen and oxygen atoms in total. The Labute approximate surface area is 82.7 Å². The Morgan fingerprint density at radius 3 is 3.08 bits per heavy atom. The molecule has 13 heavy (non-hydrogen) atoms. The molecule has 1 unspecified atom stereocenters. The van der Waals surface area contributed by atoms with Crippen LogP contribution in [0.25, 0.3) is 0 Å². The Morgan fingerprint density at radius 2 is 2.38 bits per heavy atom. The second-order valence-electron chi connectivity index (χ2n) is 3.06. The van der Waals surface area contributed by atoms with Crippen molar-refractivity contribution in [3.05, 3.63) is 23.8 Å². The second kappa shape index (κ2) is 3.60. The highest BCUT2D eigenvalue weighted by Gasteiger charge is 2.21. The van der Waals surface area contributed by atoms with Gasteiger partial charge in [-0.1, -0.05) is 6.07 Å². The van der Waals surface area contributed by atoms with Gasteiger partial charge in [-0.25, -0.2) is 0 Å². The molecular weight excluding hydrogens is 182 g/mol. The predicted molar refractivity (Wildman–Crippen MR) is 55.5 cm³/mol. The van der Waals surface area contributed by atoms with Crippen molar-refractivity contribution in [2.75, 3.05) is 19.9 Å². The summed E-state index contributed by atoms with van der Waals surface area (Å²) >= 11 is 1.89. The molecule has 1 aliphatic heterocycles. The van der Waals surface area contributed by atoms with Crippen LogP contribution in [0.1, 0.15) is 11.6 Å². The van der Waals surface area contributed by atoms with E-state index in [2.05, 4.69) is 17.4 Å². The molecule has 0 fully saturated rings. The van der Waals surface area contributed by atoms with Gasteiger partial charge < -0.3 is 10.1 Å². The van der Waals surface area contributed by atoms with Crippen molar-refractivity contribution in [1.82, 2.24) is 5.32 Å². The second-order valence-corrected chi connectivity index (χ2v) is 4.12. The van der Waals surface area contributed by atoms with Crippen molar-refractivity contribution in [1.29, 1.82) is 0 Å². The Morgan fingerprint density at radius 1 is 1.54 bits per heavy atom. The van der Waals surface area contributed by atoms with E-state index in [1.54, 1.807) is 7.11 Å². The first-order valence-corrected chi connectivity index (χ1v) is 5.31.